The quantitative estimate of drug-likeness (QED) is 0.141. The Bertz CT molecular complexity index is 1690. The highest BCUT2D eigenvalue weighted by atomic mass is 32.1. The zero-order chi connectivity index (χ0) is 38.4. The number of thiazole rings is 1. The fraction of sp³-hybridized carbons (Fsp3) is 0.474. The van der Waals surface area contributed by atoms with Crippen molar-refractivity contribution < 1.29 is 33.4 Å². The number of rotatable bonds is 18. The number of carbonyl (C=O) groups is 5. The lowest BCUT2D eigenvalue weighted by atomic mass is 9.92. The summed E-state index contributed by atoms with van der Waals surface area (Å²) in [6.07, 6.45) is 9.14. The minimum Gasteiger partial charge on any atom is -0.469 e. The van der Waals surface area contributed by atoms with E-state index in [1.54, 1.807) is 25.4 Å². The molecule has 0 spiro atoms. The van der Waals surface area contributed by atoms with Crippen LogP contribution in [-0.4, -0.2) is 81.8 Å². The highest BCUT2D eigenvalue weighted by molar-refractivity contribution is 7.09. The zero-order valence-electron chi connectivity index (χ0n) is 30.7. The van der Waals surface area contributed by atoms with E-state index in [0.29, 0.717) is 24.3 Å². The fourth-order valence-corrected chi connectivity index (χ4v) is 6.74. The molecule has 2 aromatic heterocycles. The molecule has 0 aliphatic rings. The van der Waals surface area contributed by atoms with Gasteiger partial charge >= 0.3 is 11.9 Å². The Morgan fingerprint density at radius 2 is 1.65 bits per heavy atom. The molecule has 3 rings (SSSR count). The minimum absolute atomic E-state index is 0.0990. The molecule has 0 saturated heterocycles. The average Bonchev–Trinajstić information content (AvgIpc) is 3.63. The Morgan fingerprint density at radius 3 is 2.23 bits per heavy atom. The fourth-order valence-electron chi connectivity index (χ4n) is 5.90. The Hall–Kier alpha value is -5.16. The van der Waals surface area contributed by atoms with Crippen LogP contribution in [0, 0.1) is 30.1 Å². The Labute approximate surface area is 309 Å². The normalized spacial score (nSPS) is 14.4. The van der Waals surface area contributed by atoms with Gasteiger partial charge < -0.3 is 25.0 Å². The van der Waals surface area contributed by atoms with Gasteiger partial charge in [-0.2, -0.15) is 0 Å². The van der Waals surface area contributed by atoms with Crippen molar-refractivity contribution in [3.05, 3.63) is 76.3 Å². The highest BCUT2D eigenvalue weighted by Crippen LogP contribution is 2.31. The molecular formula is C38H48N6O7S. The summed E-state index contributed by atoms with van der Waals surface area (Å²) in [5.74, 6) is -1.15. The van der Waals surface area contributed by atoms with Crippen LogP contribution >= 0.6 is 11.3 Å². The lowest BCUT2D eigenvalue weighted by Gasteiger charge is -2.36. The molecule has 3 aromatic rings. The van der Waals surface area contributed by atoms with E-state index in [-0.39, 0.29) is 29.8 Å². The van der Waals surface area contributed by atoms with Crippen molar-refractivity contribution in [1.29, 1.82) is 0 Å². The molecule has 0 radical (unpaired) electrons. The number of benzene rings is 1. The van der Waals surface area contributed by atoms with Crippen LogP contribution < -0.4 is 10.6 Å². The van der Waals surface area contributed by atoms with Gasteiger partial charge in [0, 0.05) is 56.2 Å². The molecule has 0 saturated carbocycles. The maximum absolute atomic E-state index is 14.1. The number of likely N-dealkylation sites (N-methyl/N-ethyl adjacent to an activating group) is 1. The van der Waals surface area contributed by atoms with Crippen LogP contribution in [0.2, 0.25) is 0 Å². The van der Waals surface area contributed by atoms with E-state index in [9.17, 15) is 24.0 Å². The van der Waals surface area contributed by atoms with Gasteiger partial charge in [0.2, 0.25) is 11.7 Å². The standard InChI is InChI=1S/C38H48N6O7S/c1-9-27(10-2)32(43-35(47)33-39-17-14-18-40-33)37(48)44(7)30(23(3)4)21-31(51-25(6)45)36-42-29(22-52-36)34(46)41-28(19-24(5)38(49)50-8)20-26-15-12-11-13-16-26/h1,11-18,22-24,27-28,30-32H,10,19-21H2,2-8H3,(H,41,46)(H,43,47)/t24-,27-,28+,30+,31+,32-/m0/s1. The summed E-state index contributed by atoms with van der Waals surface area (Å²) >= 11 is 1.16. The van der Waals surface area contributed by atoms with Crippen molar-refractivity contribution in [2.75, 3.05) is 14.2 Å². The van der Waals surface area contributed by atoms with Gasteiger partial charge in [-0.15, -0.1) is 23.7 Å². The molecule has 0 fully saturated rings. The van der Waals surface area contributed by atoms with Gasteiger partial charge in [0.15, 0.2) is 6.10 Å². The van der Waals surface area contributed by atoms with Gasteiger partial charge in [0.25, 0.3) is 11.8 Å². The first-order chi connectivity index (χ1) is 24.8. The van der Waals surface area contributed by atoms with E-state index in [1.807, 2.05) is 51.1 Å². The van der Waals surface area contributed by atoms with E-state index in [2.05, 4.69) is 31.5 Å². The zero-order valence-corrected chi connectivity index (χ0v) is 31.5. The molecule has 278 valence electrons. The van der Waals surface area contributed by atoms with Gasteiger partial charge in [-0.3, -0.25) is 24.0 Å². The van der Waals surface area contributed by atoms with Crippen LogP contribution in [0.15, 0.2) is 54.2 Å². The van der Waals surface area contributed by atoms with Crippen molar-refractivity contribution in [3.8, 4) is 12.3 Å². The van der Waals surface area contributed by atoms with Gasteiger partial charge in [0.1, 0.15) is 16.7 Å². The number of aromatic nitrogens is 3. The molecule has 0 aliphatic heterocycles. The topological polar surface area (TPSA) is 170 Å². The smallest absolute Gasteiger partial charge is 0.308 e. The Kier molecular flexibility index (Phi) is 15.9. The first-order valence-corrected chi connectivity index (χ1v) is 18.0. The molecule has 0 bridgehead atoms. The first-order valence-electron chi connectivity index (χ1n) is 17.1. The van der Waals surface area contributed by atoms with Crippen molar-refractivity contribution in [2.24, 2.45) is 17.8 Å². The summed E-state index contributed by atoms with van der Waals surface area (Å²) in [6, 6.07) is 9.20. The molecule has 2 heterocycles. The largest absolute Gasteiger partial charge is 0.469 e. The molecule has 52 heavy (non-hydrogen) atoms. The molecule has 14 heteroatoms. The van der Waals surface area contributed by atoms with E-state index in [1.165, 1.54) is 31.3 Å². The number of ether oxygens (including phenoxy) is 2. The van der Waals surface area contributed by atoms with Crippen LogP contribution in [0.5, 0.6) is 0 Å². The monoisotopic (exact) mass is 732 g/mol. The molecular weight excluding hydrogens is 685 g/mol. The van der Waals surface area contributed by atoms with Gasteiger partial charge in [-0.1, -0.05) is 58.0 Å². The number of esters is 2. The van der Waals surface area contributed by atoms with E-state index < -0.39 is 59.8 Å². The summed E-state index contributed by atoms with van der Waals surface area (Å²) < 4.78 is 10.6. The maximum atomic E-state index is 14.1. The number of hydrogen-bond donors (Lipinski definition) is 2. The van der Waals surface area contributed by atoms with Crippen molar-refractivity contribution in [2.45, 2.75) is 84.5 Å². The number of hydrogen-bond acceptors (Lipinski definition) is 11. The number of methoxy groups -OCH3 is 1. The van der Waals surface area contributed by atoms with E-state index in [0.717, 1.165) is 16.9 Å². The van der Waals surface area contributed by atoms with Crippen LogP contribution in [0.25, 0.3) is 0 Å². The maximum Gasteiger partial charge on any atom is 0.308 e. The van der Waals surface area contributed by atoms with E-state index >= 15 is 0 Å². The minimum atomic E-state index is -1.08. The molecule has 2 N–H and O–H groups in total. The van der Waals surface area contributed by atoms with Crippen LogP contribution in [0.3, 0.4) is 0 Å². The number of terminal acetylenes is 1. The first kappa shape index (κ1) is 41.3. The summed E-state index contributed by atoms with van der Waals surface area (Å²) in [5.41, 5.74) is 1.11. The van der Waals surface area contributed by atoms with Crippen LogP contribution in [0.1, 0.15) is 91.7 Å². The summed E-state index contributed by atoms with van der Waals surface area (Å²) in [7, 11) is 2.94. The third-order valence-electron chi connectivity index (χ3n) is 8.69. The number of amides is 3. The van der Waals surface area contributed by atoms with Crippen LogP contribution in [-0.2, 0) is 30.3 Å². The second-order valence-electron chi connectivity index (χ2n) is 12.9. The average molecular weight is 733 g/mol. The molecule has 13 nitrogen and oxygen atoms in total. The Morgan fingerprint density at radius 1 is 0.981 bits per heavy atom. The van der Waals surface area contributed by atoms with Crippen molar-refractivity contribution in [3.63, 3.8) is 0 Å². The number of nitrogens with one attached hydrogen (secondary N) is 2. The molecule has 0 unspecified atom stereocenters. The lowest BCUT2D eigenvalue weighted by Crippen LogP contribution is -2.54. The van der Waals surface area contributed by atoms with Crippen molar-refractivity contribution >= 4 is 41.0 Å². The van der Waals surface area contributed by atoms with Gasteiger partial charge in [0.05, 0.1) is 13.0 Å². The SMILES string of the molecule is C#C[C@@H](CC)[C@H](NC(=O)c1ncccn1)C(=O)N(C)[C@H](C[C@@H](OC(C)=O)c1nc(C(=O)N[C@@H](Cc2ccccc2)C[C@H](C)C(=O)OC)cs1)C(C)C. The third kappa shape index (κ3) is 11.7. The van der Waals surface area contributed by atoms with Gasteiger partial charge in [-0.05, 0) is 36.8 Å². The molecule has 0 aliphatic carbocycles. The summed E-state index contributed by atoms with van der Waals surface area (Å²) in [5, 5.41) is 7.70. The van der Waals surface area contributed by atoms with Gasteiger partial charge in [-0.25, -0.2) is 15.0 Å². The molecule has 6 atom stereocenters. The predicted octanol–water partition coefficient (Wildman–Crippen LogP) is 4.41. The van der Waals surface area contributed by atoms with Crippen LogP contribution in [0.4, 0.5) is 0 Å². The van der Waals surface area contributed by atoms with Crippen molar-refractivity contribution in [1.82, 2.24) is 30.5 Å². The summed E-state index contributed by atoms with van der Waals surface area (Å²) in [6.45, 7) is 8.70. The second kappa shape index (κ2) is 20.0. The third-order valence-corrected chi connectivity index (χ3v) is 9.62. The second-order valence-corrected chi connectivity index (χ2v) is 13.8. The molecule has 1 aromatic carbocycles. The Balaban J connectivity index is 1.85. The lowest BCUT2D eigenvalue weighted by molar-refractivity contribution is -0.149. The predicted molar refractivity (Wildman–Crippen MR) is 196 cm³/mol. The number of carbonyl (C=O) groups excluding carboxylic acids is 5. The van der Waals surface area contributed by atoms with E-state index in [4.69, 9.17) is 15.9 Å². The number of nitrogens with zero attached hydrogens (tertiary/aromatic N) is 4. The summed E-state index contributed by atoms with van der Waals surface area (Å²) in [4.78, 5) is 79.2. The highest BCUT2D eigenvalue weighted by Gasteiger charge is 2.37. The molecule has 3 amide bonds.